The highest BCUT2D eigenvalue weighted by molar-refractivity contribution is 5.83. The van der Waals surface area contributed by atoms with Crippen LogP contribution in [0.3, 0.4) is 0 Å². The van der Waals surface area contributed by atoms with E-state index in [1.165, 1.54) is 12.1 Å². The van der Waals surface area contributed by atoms with E-state index in [4.69, 9.17) is 0 Å². The Labute approximate surface area is 153 Å². The molecule has 26 heavy (non-hydrogen) atoms. The number of amides is 1. The number of hydrogen-bond donors (Lipinski definition) is 0. The Hall–Kier alpha value is -2.25. The number of aryl methyl sites for hydroxylation is 1. The molecule has 2 aromatic rings. The van der Waals surface area contributed by atoms with Crippen molar-refractivity contribution in [2.24, 2.45) is 7.05 Å². The zero-order valence-electron chi connectivity index (χ0n) is 15.6. The van der Waals surface area contributed by atoms with Crippen molar-refractivity contribution in [2.45, 2.75) is 12.6 Å². The zero-order valence-corrected chi connectivity index (χ0v) is 15.6. The summed E-state index contributed by atoms with van der Waals surface area (Å²) in [6, 6.07) is 5.84. The van der Waals surface area contributed by atoms with Gasteiger partial charge in [-0.05, 0) is 31.8 Å². The number of piperazine rings is 1. The molecule has 1 amide bonds. The molecule has 0 radical (unpaired) electrons. The fourth-order valence-corrected chi connectivity index (χ4v) is 3.39. The summed E-state index contributed by atoms with van der Waals surface area (Å²) >= 11 is 0. The van der Waals surface area contributed by atoms with Gasteiger partial charge in [-0.1, -0.05) is 12.1 Å². The van der Waals surface area contributed by atoms with Crippen molar-refractivity contribution in [3.8, 4) is 0 Å². The molecule has 1 aromatic carbocycles. The molecule has 2 heterocycles. The maximum absolute atomic E-state index is 13.6. The third-order valence-electron chi connectivity index (χ3n) is 4.88. The molecule has 7 heteroatoms. The van der Waals surface area contributed by atoms with Crippen molar-refractivity contribution >= 4 is 5.91 Å². The van der Waals surface area contributed by atoms with Gasteiger partial charge in [0.2, 0.25) is 5.91 Å². The summed E-state index contributed by atoms with van der Waals surface area (Å²) in [5.74, 6) is 0.731. The van der Waals surface area contributed by atoms with Crippen LogP contribution in [0.2, 0.25) is 0 Å². The zero-order chi connectivity index (χ0) is 18.7. The lowest BCUT2D eigenvalue weighted by Crippen LogP contribution is -2.51. The molecule has 1 saturated heterocycles. The van der Waals surface area contributed by atoms with E-state index in [1.807, 2.05) is 47.8 Å². The Morgan fingerprint density at radius 3 is 2.58 bits per heavy atom. The lowest BCUT2D eigenvalue weighted by atomic mass is 10.0. The Kier molecular flexibility index (Phi) is 5.68. The monoisotopic (exact) mass is 359 g/mol. The number of carbonyl (C=O) groups excluding carboxylic acids is 1. The van der Waals surface area contributed by atoms with Crippen molar-refractivity contribution in [1.29, 1.82) is 0 Å². The van der Waals surface area contributed by atoms with Crippen LogP contribution in [0.1, 0.15) is 17.4 Å². The Morgan fingerprint density at radius 2 is 2.00 bits per heavy atom. The van der Waals surface area contributed by atoms with Crippen LogP contribution >= 0.6 is 0 Å². The van der Waals surface area contributed by atoms with Crippen LogP contribution in [0.25, 0.3) is 0 Å². The van der Waals surface area contributed by atoms with Gasteiger partial charge in [0.1, 0.15) is 17.7 Å². The number of likely N-dealkylation sites (N-methyl/N-ethyl adjacent to an activating group) is 1. The number of aromatic nitrogens is 2. The molecule has 0 spiro atoms. The van der Waals surface area contributed by atoms with Gasteiger partial charge in [-0.3, -0.25) is 14.6 Å². The highest BCUT2D eigenvalue weighted by atomic mass is 19.1. The summed E-state index contributed by atoms with van der Waals surface area (Å²) in [6.45, 7) is 3.74. The number of benzene rings is 1. The van der Waals surface area contributed by atoms with Gasteiger partial charge in [0, 0.05) is 45.6 Å². The Bertz CT molecular complexity index is 752. The molecule has 6 nitrogen and oxygen atoms in total. The molecule has 3 rings (SSSR count). The third-order valence-corrected chi connectivity index (χ3v) is 4.88. The first kappa shape index (κ1) is 18.5. The van der Waals surface area contributed by atoms with Crippen molar-refractivity contribution in [3.05, 3.63) is 53.9 Å². The van der Waals surface area contributed by atoms with Gasteiger partial charge in [-0.15, -0.1) is 0 Å². The first-order chi connectivity index (χ1) is 12.5. The molecule has 0 aliphatic carbocycles. The molecule has 0 unspecified atom stereocenters. The summed E-state index contributed by atoms with van der Waals surface area (Å²) in [7, 11) is 5.69. The van der Waals surface area contributed by atoms with Gasteiger partial charge < -0.3 is 9.47 Å². The van der Waals surface area contributed by atoms with Gasteiger partial charge in [0.25, 0.3) is 0 Å². The van der Waals surface area contributed by atoms with E-state index >= 15 is 0 Å². The summed E-state index contributed by atoms with van der Waals surface area (Å²) in [6.07, 6.45) is 3.74. The minimum Gasteiger partial charge on any atom is -0.338 e. The smallest absolute Gasteiger partial charge is 0.244 e. The van der Waals surface area contributed by atoms with Crippen LogP contribution in [0, 0.1) is 5.82 Å². The highest BCUT2D eigenvalue weighted by Crippen LogP contribution is 2.22. The second kappa shape index (κ2) is 7.97. The number of halogens is 1. The van der Waals surface area contributed by atoms with E-state index in [2.05, 4.69) is 9.88 Å². The second-order valence-electron chi connectivity index (χ2n) is 6.98. The standard InChI is InChI=1S/C19H26FN5O/c1-22(2)18(15-5-4-6-16(20)13-15)19(26)25-11-9-24(10-12-25)14-17-21-7-8-23(17)3/h4-8,13,18H,9-12,14H2,1-3H3/t18-/m1/s1. The molecular formula is C19H26FN5O. The number of carbonyl (C=O) groups is 1. The summed E-state index contributed by atoms with van der Waals surface area (Å²) < 4.78 is 15.6. The molecular weight excluding hydrogens is 333 g/mol. The number of imidazole rings is 1. The van der Waals surface area contributed by atoms with E-state index in [1.54, 1.807) is 12.3 Å². The van der Waals surface area contributed by atoms with Crippen LogP contribution in [-0.2, 0) is 18.4 Å². The molecule has 1 aliphatic rings. The van der Waals surface area contributed by atoms with Crippen LogP contribution in [0.4, 0.5) is 4.39 Å². The second-order valence-corrected chi connectivity index (χ2v) is 6.98. The first-order valence-corrected chi connectivity index (χ1v) is 8.85. The van der Waals surface area contributed by atoms with Crippen molar-refractivity contribution in [2.75, 3.05) is 40.3 Å². The average molecular weight is 359 g/mol. The summed E-state index contributed by atoms with van der Waals surface area (Å²) in [5.41, 5.74) is 0.690. The molecule has 1 atom stereocenters. The quantitative estimate of drug-likeness (QED) is 0.812. The SMILES string of the molecule is CN(C)[C@@H](C(=O)N1CCN(Cc2nccn2C)CC1)c1cccc(F)c1. The number of hydrogen-bond acceptors (Lipinski definition) is 4. The first-order valence-electron chi connectivity index (χ1n) is 8.85. The summed E-state index contributed by atoms with van der Waals surface area (Å²) in [4.78, 5) is 23.4. The molecule has 1 aliphatic heterocycles. The van der Waals surface area contributed by atoms with Gasteiger partial charge in [-0.25, -0.2) is 9.37 Å². The molecule has 0 bridgehead atoms. The van der Waals surface area contributed by atoms with Gasteiger partial charge in [0.15, 0.2) is 0 Å². The predicted molar refractivity (Wildman–Crippen MR) is 97.9 cm³/mol. The lowest BCUT2D eigenvalue weighted by Gasteiger charge is -2.37. The van der Waals surface area contributed by atoms with E-state index in [0.717, 1.165) is 25.5 Å². The normalized spacial score (nSPS) is 16.9. The minimum atomic E-state index is -0.466. The topological polar surface area (TPSA) is 44.6 Å². The molecule has 1 fully saturated rings. The fourth-order valence-electron chi connectivity index (χ4n) is 3.39. The van der Waals surface area contributed by atoms with E-state index in [0.29, 0.717) is 18.7 Å². The number of nitrogens with zero attached hydrogens (tertiary/aromatic N) is 5. The number of rotatable bonds is 5. The maximum Gasteiger partial charge on any atom is 0.244 e. The van der Waals surface area contributed by atoms with E-state index < -0.39 is 6.04 Å². The van der Waals surface area contributed by atoms with E-state index in [-0.39, 0.29) is 11.7 Å². The Morgan fingerprint density at radius 1 is 1.27 bits per heavy atom. The third kappa shape index (κ3) is 4.11. The van der Waals surface area contributed by atoms with Crippen LogP contribution in [0.15, 0.2) is 36.7 Å². The van der Waals surface area contributed by atoms with Gasteiger partial charge in [0.05, 0.1) is 6.54 Å². The minimum absolute atomic E-state index is 0.0252. The fraction of sp³-hybridized carbons (Fsp3) is 0.474. The van der Waals surface area contributed by atoms with Crippen molar-refractivity contribution < 1.29 is 9.18 Å². The maximum atomic E-state index is 13.6. The van der Waals surface area contributed by atoms with Crippen molar-refractivity contribution in [1.82, 2.24) is 24.3 Å². The predicted octanol–water partition coefficient (Wildman–Crippen LogP) is 1.51. The van der Waals surface area contributed by atoms with Crippen LogP contribution in [-0.4, -0.2) is 70.4 Å². The molecule has 0 N–H and O–H groups in total. The summed E-state index contributed by atoms with van der Waals surface area (Å²) in [5, 5.41) is 0. The van der Waals surface area contributed by atoms with Gasteiger partial charge >= 0.3 is 0 Å². The highest BCUT2D eigenvalue weighted by Gasteiger charge is 2.30. The lowest BCUT2D eigenvalue weighted by molar-refractivity contribution is -0.138. The average Bonchev–Trinajstić information content (AvgIpc) is 3.00. The van der Waals surface area contributed by atoms with Crippen molar-refractivity contribution in [3.63, 3.8) is 0 Å². The largest absolute Gasteiger partial charge is 0.338 e. The van der Waals surface area contributed by atoms with E-state index in [9.17, 15) is 9.18 Å². The van der Waals surface area contributed by atoms with Crippen LogP contribution in [0.5, 0.6) is 0 Å². The molecule has 0 saturated carbocycles. The van der Waals surface area contributed by atoms with Crippen LogP contribution < -0.4 is 0 Å². The molecule has 1 aromatic heterocycles. The Balaban J connectivity index is 1.63. The molecule has 140 valence electrons. The van der Waals surface area contributed by atoms with Gasteiger partial charge in [-0.2, -0.15) is 0 Å².